The lowest BCUT2D eigenvalue weighted by molar-refractivity contribution is -0.145. The quantitative estimate of drug-likeness (QED) is 0.200. The summed E-state index contributed by atoms with van der Waals surface area (Å²) in [6.07, 6.45) is 4.10. The highest BCUT2D eigenvalue weighted by Crippen LogP contribution is 2.08. The molecule has 0 unspecified atom stereocenters. The third kappa shape index (κ3) is 11.9. The lowest BCUT2D eigenvalue weighted by atomic mass is 10.1. The van der Waals surface area contributed by atoms with Crippen LogP contribution in [0.1, 0.15) is 45.7 Å². The summed E-state index contributed by atoms with van der Waals surface area (Å²) in [6, 6.07) is -1.80. The standard InChI is InChI=1S/C21H36N6O6/c1-21(2,3)33-20(31)24-9-7-6-8-15(19(30)32-5)27-18(29)16(26-17(28)12-22-4)10-14-11-23-13-25-14/h11,13,15-16,22H,6-10,12H2,1-5H3,(H,23,25)(H,24,31)(H,26,28)(H,27,29)/t15-,16-/m0/s1. The summed E-state index contributed by atoms with van der Waals surface area (Å²) in [5, 5.41) is 10.7. The number of hydrogen-bond acceptors (Lipinski definition) is 8. The number of rotatable bonds is 13. The van der Waals surface area contributed by atoms with E-state index in [1.807, 2.05) is 0 Å². The summed E-state index contributed by atoms with van der Waals surface area (Å²) >= 11 is 0. The smallest absolute Gasteiger partial charge is 0.407 e. The number of amides is 3. The number of carbonyl (C=O) groups is 4. The molecule has 1 aromatic rings. The summed E-state index contributed by atoms with van der Waals surface area (Å²) in [5.74, 6) is -1.47. The molecule has 186 valence electrons. The summed E-state index contributed by atoms with van der Waals surface area (Å²) in [7, 11) is 2.86. The normalized spacial score (nSPS) is 12.9. The molecule has 0 spiro atoms. The van der Waals surface area contributed by atoms with Gasteiger partial charge in [-0.15, -0.1) is 0 Å². The van der Waals surface area contributed by atoms with Crippen LogP contribution in [0.4, 0.5) is 4.79 Å². The first kappa shape index (κ1) is 27.9. The third-order valence-electron chi connectivity index (χ3n) is 4.36. The molecule has 0 aliphatic heterocycles. The summed E-state index contributed by atoms with van der Waals surface area (Å²) < 4.78 is 9.98. The molecule has 0 saturated carbocycles. The van der Waals surface area contributed by atoms with Crippen LogP contribution in [0.25, 0.3) is 0 Å². The van der Waals surface area contributed by atoms with Crippen molar-refractivity contribution in [3.05, 3.63) is 18.2 Å². The summed E-state index contributed by atoms with van der Waals surface area (Å²) in [4.78, 5) is 55.6. The SMILES string of the molecule is CNCC(=O)N[C@@H](Cc1cnc[nH]1)C(=O)N[C@@H](CCCCNC(=O)OC(C)(C)C)C(=O)OC. The van der Waals surface area contributed by atoms with E-state index < -0.39 is 35.7 Å². The van der Waals surface area contributed by atoms with Gasteiger partial charge in [-0.25, -0.2) is 14.6 Å². The van der Waals surface area contributed by atoms with Gasteiger partial charge in [0.1, 0.15) is 17.7 Å². The molecule has 5 N–H and O–H groups in total. The Bertz CT molecular complexity index is 762. The minimum atomic E-state index is -0.910. The van der Waals surface area contributed by atoms with Crippen molar-refractivity contribution in [1.29, 1.82) is 0 Å². The maximum atomic E-state index is 12.9. The number of unbranched alkanes of at least 4 members (excludes halogenated alkanes) is 1. The Morgan fingerprint density at radius 2 is 1.85 bits per heavy atom. The Hall–Kier alpha value is -3.15. The van der Waals surface area contributed by atoms with Crippen molar-refractivity contribution in [2.75, 3.05) is 27.2 Å². The first-order valence-corrected chi connectivity index (χ1v) is 10.8. The lowest BCUT2D eigenvalue weighted by Gasteiger charge is -2.22. The fourth-order valence-electron chi connectivity index (χ4n) is 2.87. The molecule has 12 heteroatoms. The molecule has 0 aliphatic rings. The van der Waals surface area contributed by atoms with Crippen LogP contribution < -0.4 is 21.3 Å². The van der Waals surface area contributed by atoms with Crippen molar-refractivity contribution in [3.8, 4) is 0 Å². The minimum Gasteiger partial charge on any atom is -0.467 e. The van der Waals surface area contributed by atoms with Crippen LogP contribution in [0, 0.1) is 0 Å². The predicted octanol–water partition coefficient (Wildman–Crippen LogP) is 0.00920. The Balaban J connectivity index is 2.64. The van der Waals surface area contributed by atoms with Crippen molar-refractivity contribution >= 4 is 23.9 Å². The number of H-pyrrole nitrogens is 1. The number of ether oxygens (including phenoxy) is 2. The van der Waals surface area contributed by atoms with Gasteiger partial charge in [-0.2, -0.15) is 0 Å². The molecule has 0 aliphatic carbocycles. The van der Waals surface area contributed by atoms with Crippen LogP contribution in [0.5, 0.6) is 0 Å². The number of imidazole rings is 1. The summed E-state index contributed by atoms with van der Waals surface area (Å²) in [6.45, 7) is 5.72. The Labute approximate surface area is 194 Å². The number of hydrogen-bond donors (Lipinski definition) is 5. The van der Waals surface area contributed by atoms with Gasteiger partial charge in [0, 0.05) is 24.9 Å². The number of nitrogens with one attached hydrogen (secondary N) is 5. The number of methoxy groups -OCH3 is 1. The molecule has 1 heterocycles. The van der Waals surface area contributed by atoms with Gasteiger partial charge in [0.2, 0.25) is 11.8 Å². The number of alkyl carbamates (subject to hydrolysis) is 1. The number of aromatic amines is 1. The van der Waals surface area contributed by atoms with Crippen molar-refractivity contribution in [1.82, 2.24) is 31.2 Å². The van der Waals surface area contributed by atoms with Gasteiger partial charge in [0.15, 0.2) is 0 Å². The number of aromatic nitrogens is 2. The van der Waals surface area contributed by atoms with Gasteiger partial charge in [-0.3, -0.25) is 9.59 Å². The molecule has 0 fully saturated rings. The molecule has 0 bridgehead atoms. The fraction of sp³-hybridized carbons (Fsp3) is 0.667. The molecule has 0 aromatic carbocycles. The first-order chi connectivity index (χ1) is 15.6. The molecular formula is C21H36N6O6. The van der Waals surface area contributed by atoms with Gasteiger partial charge in [0.05, 0.1) is 20.0 Å². The van der Waals surface area contributed by atoms with Gasteiger partial charge in [0.25, 0.3) is 0 Å². The number of likely N-dealkylation sites (N-methyl/N-ethyl adjacent to an activating group) is 1. The van der Waals surface area contributed by atoms with Crippen molar-refractivity contribution in [3.63, 3.8) is 0 Å². The van der Waals surface area contributed by atoms with E-state index in [0.717, 1.165) is 0 Å². The molecule has 3 amide bonds. The minimum absolute atomic E-state index is 0.0395. The van der Waals surface area contributed by atoms with Crippen LogP contribution in [0.2, 0.25) is 0 Å². The van der Waals surface area contributed by atoms with Crippen LogP contribution in [0.3, 0.4) is 0 Å². The van der Waals surface area contributed by atoms with Crippen LogP contribution in [-0.2, 0) is 30.3 Å². The molecule has 0 radical (unpaired) electrons. The van der Waals surface area contributed by atoms with Gasteiger partial charge < -0.3 is 35.7 Å². The molecule has 1 rings (SSSR count). The molecule has 12 nitrogen and oxygen atoms in total. The van der Waals surface area contributed by atoms with Crippen LogP contribution >= 0.6 is 0 Å². The Morgan fingerprint density at radius 3 is 2.42 bits per heavy atom. The van der Waals surface area contributed by atoms with E-state index in [9.17, 15) is 19.2 Å². The number of carbonyl (C=O) groups excluding carboxylic acids is 4. The fourth-order valence-corrected chi connectivity index (χ4v) is 2.87. The molecule has 33 heavy (non-hydrogen) atoms. The molecule has 0 saturated heterocycles. The second kappa shape index (κ2) is 14.1. The largest absolute Gasteiger partial charge is 0.467 e. The lowest BCUT2D eigenvalue weighted by Crippen LogP contribution is -2.53. The molecule has 2 atom stereocenters. The van der Waals surface area contributed by atoms with E-state index in [1.54, 1.807) is 34.0 Å². The van der Waals surface area contributed by atoms with Crippen LogP contribution in [-0.4, -0.2) is 78.8 Å². The van der Waals surface area contributed by atoms with E-state index in [-0.39, 0.29) is 18.9 Å². The topological polar surface area (TPSA) is 164 Å². The average molecular weight is 469 g/mol. The van der Waals surface area contributed by atoms with Gasteiger partial charge >= 0.3 is 12.1 Å². The van der Waals surface area contributed by atoms with Crippen molar-refractivity contribution in [2.45, 2.75) is 64.1 Å². The second-order valence-electron chi connectivity index (χ2n) is 8.44. The highest BCUT2D eigenvalue weighted by atomic mass is 16.6. The summed E-state index contributed by atoms with van der Waals surface area (Å²) in [5.41, 5.74) is 0.0717. The van der Waals surface area contributed by atoms with Gasteiger partial charge in [-0.05, 0) is 47.1 Å². The highest BCUT2D eigenvalue weighted by molar-refractivity contribution is 5.91. The first-order valence-electron chi connectivity index (χ1n) is 10.8. The molecule has 1 aromatic heterocycles. The average Bonchev–Trinajstić information content (AvgIpc) is 3.23. The highest BCUT2D eigenvalue weighted by Gasteiger charge is 2.27. The zero-order valence-corrected chi connectivity index (χ0v) is 19.9. The van der Waals surface area contributed by atoms with Crippen molar-refractivity contribution in [2.24, 2.45) is 0 Å². The number of esters is 1. The third-order valence-corrected chi connectivity index (χ3v) is 4.36. The van der Waals surface area contributed by atoms with E-state index in [2.05, 4.69) is 31.2 Å². The predicted molar refractivity (Wildman–Crippen MR) is 120 cm³/mol. The Morgan fingerprint density at radius 1 is 1.12 bits per heavy atom. The zero-order valence-electron chi connectivity index (χ0n) is 19.9. The van der Waals surface area contributed by atoms with Crippen LogP contribution in [0.15, 0.2) is 12.5 Å². The van der Waals surface area contributed by atoms with E-state index in [4.69, 9.17) is 9.47 Å². The van der Waals surface area contributed by atoms with E-state index >= 15 is 0 Å². The van der Waals surface area contributed by atoms with E-state index in [1.165, 1.54) is 13.4 Å². The van der Waals surface area contributed by atoms with Crippen molar-refractivity contribution < 1.29 is 28.7 Å². The maximum Gasteiger partial charge on any atom is 0.407 e. The monoisotopic (exact) mass is 468 g/mol. The van der Waals surface area contributed by atoms with E-state index in [0.29, 0.717) is 31.5 Å². The van der Waals surface area contributed by atoms with Gasteiger partial charge in [-0.1, -0.05) is 0 Å². The number of nitrogens with zero attached hydrogens (tertiary/aromatic N) is 1. The Kier molecular flexibility index (Phi) is 11.9. The molecular weight excluding hydrogens is 432 g/mol. The second-order valence-corrected chi connectivity index (χ2v) is 8.44. The maximum absolute atomic E-state index is 12.9. The zero-order chi connectivity index (χ0) is 24.9.